The van der Waals surface area contributed by atoms with Crippen molar-refractivity contribution in [3.63, 3.8) is 0 Å². The fourth-order valence-electron chi connectivity index (χ4n) is 3.67. The molecule has 2 atom stereocenters. The molecule has 1 aromatic rings. The molecule has 2 aliphatic heterocycles. The van der Waals surface area contributed by atoms with Crippen molar-refractivity contribution >= 4 is 11.6 Å². The molecule has 1 N–H and O–H groups in total. The molecule has 2 saturated heterocycles. The quantitative estimate of drug-likeness (QED) is 0.924. The van der Waals surface area contributed by atoms with E-state index in [9.17, 15) is 5.11 Å². The SMILES string of the molecule is CCc1nn(C)c(CN2C3CCC2CC(O)C3)c1Cl. The third-order valence-electron chi connectivity index (χ3n) is 4.69. The molecule has 3 rings (SSSR count). The fraction of sp³-hybridized carbons (Fsp3) is 0.786. The Balaban J connectivity index is 1.81. The normalized spacial score (nSPS) is 31.1. The Bertz CT molecular complexity index is 460. The topological polar surface area (TPSA) is 41.3 Å². The highest BCUT2D eigenvalue weighted by atomic mass is 35.5. The predicted molar refractivity (Wildman–Crippen MR) is 75.2 cm³/mol. The number of rotatable bonds is 3. The summed E-state index contributed by atoms with van der Waals surface area (Å²) in [4.78, 5) is 2.52. The molecule has 0 aliphatic carbocycles. The van der Waals surface area contributed by atoms with E-state index < -0.39 is 0 Å². The van der Waals surface area contributed by atoms with Crippen LogP contribution in [0.15, 0.2) is 0 Å². The molecule has 2 fully saturated rings. The molecule has 5 heteroatoms. The third-order valence-corrected chi connectivity index (χ3v) is 5.13. The largest absolute Gasteiger partial charge is 0.393 e. The van der Waals surface area contributed by atoms with Crippen molar-refractivity contribution in [1.82, 2.24) is 14.7 Å². The minimum atomic E-state index is -0.109. The minimum absolute atomic E-state index is 0.109. The number of aromatic nitrogens is 2. The molecule has 2 bridgehead atoms. The molecule has 2 unspecified atom stereocenters. The Morgan fingerprint density at radius 2 is 1.95 bits per heavy atom. The van der Waals surface area contributed by atoms with Crippen LogP contribution >= 0.6 is 11.6 Å². The van der Waals surface area contributed by atoms with E-state index in [4.69, 9.17) is 11.6 Å². The maximum absolute atomic E-state index is 9.85. The van der Waals surface area contributed by atoms with Crippen LogP contribution in [0.4, 0.5) is 0 Å². The molecule has 3 heterocycles. The highest BCUT2D eigenvalue weighted by Crippen LogP contribution is 2.37. The zero-order chi connectivity index (χ0) is 13.6. The maximum atomic E-state index is 9.85. The van der Waals surface area contributed by atoms with Gasteiger partial charge in [-0.2, -0.15) is 5.10 Å². The summed E-state index contributed by atoms with van der Waals surface area (Å²) in [5.74, 6) is 0. The number of nitrogens with zero attached hydrogens (tertiary/aromatic N) is 3. The van der Waals surface area contributed by atoms with Crippen LogP contribution in [0, 0.1) is 0 Å². The van der Waals surface area contributed by atoms with Gasteiger partial charge in [0.25, 0.3) is 0 Å². The van der Waals surface area contributed by atoms with E-state index in [1.165, 1.54) is 12.8 Å². The van der Waals surface area contributed by atoms with Crippen molar-refractivity contribution in [1.29, 1.82) is 0 Å². The monoisotopic (exact) mass is 283 g/mol. The van der Waals surface area contributed by atoms with E-state index in [1.807, 2.05) is 11.7 Å². The van der Waals surface area contributed by atoms with Gasteiger partial charge in [0.15, 0.2) is 0 Å². The third kappa shape index (κ3) is 2.30. The molecule has 19 heavy (non-hydrogen) atoms. The van der Waals surface area contributed by atoms with Gasteiger partial charge >= 0.3 is 0 Å². The fourth-order valence-corrected chi connectivity index (χ4v) is 4.02. The zero-order valence-corrected chi connectivity index (χ0v) is 12.4. The second-order valence-corrected chi connectivity index (χ2v) is 6.25. The average Bonchev–Trinajstić information content (AvgIpc) is 2.77. The van der Waals surface area contributed by atoms with Crippen LogP contribution in [0.3, 0.4) is 0 Å². The Labute approximate surface area is 119 Å². The summed E-state index contributed by atoms with van der Waals surface area (Å²) >= 11 is 6.43. The van der Waals surface area contributed by atoms with Gasteiger partial charge in [-0.05, 0) is 32.1 Å². The molecular weight excluding hydrogens is 262 g/mol. The Morgan fingerprint density at radius 1 is 1.32 bits per heavy atom. The summed E-state index contributed by atoms with van der Waals surface area (Å²) in [6.45, 7) is 2.95. The Morgan fingerprint density at radius 3 is 2.47 bits per heavy atom. The van der Waals surface area contributed by atoms with Gasteiger partial charge < -0.3 is 5.11 Å². The van der Waals surface area contributed by atoms with Gasteiger partial charge in [0.1, 0.15) is 0 Å². The van der Waals surface area contributed by atoms with E-state index >= 15 is 0 Å². The predicted octanol–water partition coefficient (Wildman–Crippen LogP) is 2.12. The second kappa shape index (κ2) is 5.08. The first-order valence-corrected chi connectivity index (χ1v) is 7.62. The molecule has 2 aliphatic rings. The van der Waals surface area contributed by atoms with E-state index in [-0.39, 0.29) is 6.10 Å². The maximum Gasteiger partial charge on any atom is 0.0863 e. The molecule has 0 amide bonds. The average molecular weight is 284 g/mol. The van der Waals surface area contributed by atoms with Crippen LogP contribution in [0.1, 0.15) is 44.0 Å². The summed E-state index contributed by atoms with van der Waals surface area (Å²) < 4.78 is 1.92. The molecule has 0 spiro atoms. The summed E-state index contributed by atoms with van der Waals surface area (Å²) in [6, 6.07) is 1.04. The highest BCUT2D eigenvalue weighted by molar-refractivity contribution is 6.31. The van der Waals surface area contributed by atoms with Gasteiger partial charge in [0.05, 0.1) is 22.5 Å². The van der Waals surface area contributed by atoms with Crippen molar-refractivity contribution in [2.75, 3.05) is 0 Å². The standard InChI is InChI=1S/C14H22ClN3O/c1-3-12-14(15)13(17(2)16-12)8-18-9-4-5-10(18)7-11(19)6-9/h9-11,19H,3-8H2,1-2H3. The number of aryl methyl sites for hydroxylation is 2. The lowest BCUT2D eigenvalue weighted by Crippen LogP contribution is -2.44. The summed E-state index contributed by atoms with van der Waals surface area (Å²) in [6.07, 6.45) is 4.99. The van der Waals surface area contributed by atoms with Gasteiger partial charge in [-0.1, -0.05) is 18.5 Å². The molecule has 1 aromatic heterocycles. The van der Waals surface area contributed by atoms with Crippen LogP contribution in [-0.4, -0.2) is 38.0 Å². The Hall–Kier alpha value is -0.580. The first kappa shape index (κ1) is 13.4. The molecular formula is C14H22ClN3O. The van der Waals surface area contributed by atoms with Crippen LogP contribution in [0.5, 0.6) is 0 Å². The smallest absolute Gasteiger partial charge is 0.0863 e. The van der Waals surface area contributed by atoms with Gasteiger partial charge in [-0.25, -0.2) is 0 Å². The van der Waals surface area contributed by atoms with Crippen LogP contribution in [0.25, 0.3) is 0 Å². The first-order valence-electron chi connectivity index (χ1n) is 7.24. The van der Waals surface area contributed by atoms with Crippen molar-refractivity contribution in [3.8, 4) is 0 Å². The van der Waals surface area contributed by atoms with Gasteiger partial charge in [0, 0.05) is 25.7 Å². The molecule has 0 saturated carbocycles. The van der Waals surface area contributed by atoms with Crippen molar-refractivity contribution in [2.24, 2.45) is 7.05 Å². The number of hydrogen-bond acceptors (Lipinski definition) is 3. The van der Waals surface area contributed by atoms with E-state index in [2.05, 4.69) is 16.9 Å². The number of fused-ring (bicyclic) bond motifs is 2. The summed E-state index contributed by atoms with van der Waals surface area (Å²) in [5.41, 5.74) is 2.11. The van der Waals surface area contributed by atoms with Crippen molar-refractivity contribution in [2.45, 2.75) is 63.8 Å². The summed E-state index contributed by atoms with van der Waals surface area (Å²) in [7, 11) is 1.97. The molecule has 106 valence electrons. The second-order valence-electron chi connectivity index (χ2n) is 5.87. The number of hydrogen-bond donors (Lipinski definition) is 1. The highest BCUT2D eigenvalue weighted by Gasteiger charge is 2.40. The molecule has 4 nitrogen and oxygen atoms in total. The van der Waals surface area contributed by atoms with Crippen LogP contribution < -0.4 is 0 Å². The van der Waals surface area contributed by atoms with Gasteiger partial charge in [-0.3, -0.25) is 9.58 Å². The lowest BCUT2D eigenvalue weighted by molar-refractivity contribution is 0.0298. The van der Waals surface area contributed by atoms with Gasteiger partial charge in [-0.15, -0.1) is 0 Å². The van der Waals surface area contributed by atoms with E-state index in [1.54, 1.807) is 0 Å². The van der Waals surface area contributed by atoms with Crippen molar-refractivity contribution < 1.29 is 5.11 Å². The number of halogens is 1. The zero-order valence-electron chi connectivity index (χ0n) is 11.6. The van der Waals surface area contributed by atoms with E-state index in [0.717, 1.165) is 42.2 Å². The number of aliphatic hydroxyl groups excluding tert-OH is 1. The van der Waals surface area contributed by atoms with Crippen LogP contribution in [-0.2, 0) is 20.0 Å². The molecule has 0 aromatic carbocycles. The molecule has 0 radical (unpaired) electrons. The van der Waals surface area contributed by atoms with Gasteiger partial charge in [0.2, 0.25) is 0 Å². The minimum Gasteiger partial charge on any atom is -0.393 e. The lowest BCUT2D eigenvalue weighted by Gasteiger charge is -2.37. The number of aliphatic hydroxyl groups is 1. The number of piperidine rings is 1. The Kier molecular flexibility index (Phi) is 3.58. The first-order chi connectivity index (χ1) is 9.10. The van der Waals surface area contributed by atoms with E-state index in [0.29, 0.717) is 12.1 Å². The van der Waals surface area contributed by atoms with Crippen LogP contribution in [0.2, 0.25) is 5.02 Å². The lowest BCUT2D eigenvalue weighted by atomic mass is 10.00. The summed E-state index contributed by atoms with van der Waals surface area (Å²) in [5, 5.41) is 15.2. The van der Waals surface area contributed by atoms with Crippen molar-refractivity contribution in [3.05, 3.63) is 16.4 Å².